The molecule has 0 N–H and O–H groups in total. The van der Waals surface area contributed by atoms with E-state index in [0.29, 0.717) is 0 Å². The predicted molar refractivity (Wildman–Crippen MR) is 54.0 cm³/mol. The van der Waals surface area contributed by atoms with Gasteiger partial charge in [0.05, 0.1) is 17.6 Å². The van der Waals surface area contributed by atoms with E-state index >= 15 is 0 Å². The van der Waals surface area contributed by atoms with Crippen LogP contribution in [-0.2, 0) is 7.05 Å². The van der Waals surface area contributed by atoms with Crippen LogP contribution in [0, 0.1) is 6.92 Å². The second kappa shape index (κ2) is 3.38. The minimum Gasteiger partial charge on any atom is -0.266 e. The van der Waals surface area contributed by atoms with Crippen molar-refractivity contribution in [2.45, 2.75) is 6.92 Å². The summed E-state index contributed by atoms with van der Waals surface area (Å²) in [6.45, 7) is 1.98. The van der Waals surface area contributed by atoms with Gasteiger partial charge in [0.25, 0.3) is 0 Å². The lowest BCUT2D eigenvalue weighted by Gasteiger charge is -2.02. The highest BCUT2D eigenvalue weighted by atomic mass is 35.5. The molecule has 0 unspecified atom stereocenters. The second-order valence-electron chi connectivity index (χ2n) is 3.01. The first-order valence-corrected chi connectivity index (χ1v) is 4.54. The molecule has 0 aliphatic rings. The van der Waals surface area contributed by atoms with Gasteiger partial charge in [-0.25, -0.2) is 9.97 Å². The summed E-state index contributed by atoms with van der Waals surface area (Å²) in [6.07, 6.45) is 3.43. The smallest absolute Gasteiger partial charge is 0.222 e. The summed E-state index contributed by atoms with van der Waals surface area (Å²) in [4.78, 5) is 7.96. The van der Waals surface area contributed by atoms with Gasteiger partial charge >= 0.3 is 0 Å². The van der Waals surface area contributed by atoms with Gasteiger partial charge in [0.15, 0.2) is 0 Å². The van der Waals surface area contributed by atoms with E-state index in [1.54, 1.807) is 17.1 Å². The highest BCUT2D eigenvalue weighted by molar-refractivity contribution is 6.28. The van der Waals surface area contributed by atoms with Crippen molar-refractivity contribution in [2.24, 2.45) is 7.05 Å². The molecule has 2 aromatic rings. The fourth-order valence-corrected chi connectivity index (χ4v) is 1.53. The fourth-order valence-electron chi connectivity index (χ4n) is 1.38. The Balaban J connectivity index is 2.59. The molecule has 14 heavy (non-hydrogen) atoms. The third-order valence-corrected chi connectivity index (χ3v) is 2.17. The minimum atomic E-state index is 0.253. The molecule has 0 fully saturated rings. The van der Waals surface area contributed by atoms with Gasteiger partial charge in [0.1, 0.15) is 0 Å². The molecule has 72 valence electrons. The number of aryl methyl sites for hydroxylation is 2. The third-order valence-electron chi connectivity index (χ3n) is 1.99. The van der Waals surface area contributed by atoms with E-state index in [1.165, 1.54) is 0 Å². The molecule has 2 heterocycles. The molecule has 0 saturated heterocycles. The normalized spacial score (nSPS) is 10.5. The second-order valence-corrected chi connectivity index (χ2v) is 3.35. The van der Waals surface area contributed by atoms with Crippen LogP contribution < -0.4 is 0 Å². The lowest BCUT2D eigenvalue weighted by atomic mass is 10.2. The molecule has 0 aliphatic carbocycles. The Hall–Kier alpha value is -1.42. The van der Waals surface area contributed by atoms with Crippen LogP contribution in [0.3, 0.4) is 0 Å². The first-order chi connectivity index (χ1) is 6.68. The van der Waals surface area contributed by atoms with E-state index in [0.717, 1.165) is 17.0 Å². The molecule has 2 rings (SSSR count). The van der Waals surface area contributed by atoms with Crippen molar-refractivity contribution in [2.75, 3.05) is 0 Å². The molecule has 4 nitrogen and oxygen atoms in total. The van der Waals surface area contributed by atoms with Gasteiger partial charge in [0.2, 0.25) is 5.28 Å². The minimum absolute atomic E-state index is 0.253. The number of nitrogens with zero attached hydrogens (tertiary/aromatic N) is 4. The highest BCUT2D eigenvalue weighted by Crippen LogP contribution is 2.20. The maximum Gasteiger partial charge on any atom is 0.222 e. The van der Waals surface area contributed by atoms with Gasteiger partial charge < -0.3 is 0 Å². The van der Waals surface area contributed by atoms with Crippen molar-refractivity contribution in [3.63, 3.8) is 0 Å². The average molecular weight is 209 g/mol. The summed E-state index contributed by atoms with van der Waals surface area (Å²) in [7, 11) is 1.87. The van der Waals surface area contributed by atoms with Crippen molar-refractivity contribution in [1.82, 2.24) is 19.7 Å². The van der Waals surface area contributed by atoms with Gasteiger partial charge in [-0.05, 0) is 30.2 Å². The Bertz CT molecular complexity index is 444. The third kappa shape index (κ3) is 1.48. The SMILES string of the molecule is Cc1cnn(C)c1-c1ccnc(Cl)n1. The molecule has 0 atom stereocenters. The Morgan fingerprint density at radius 2 is 2.21 bits per heavy atom. The van der Waals surface area contributed by atoms with E-state index in [-0.39, 0.29) is 5.28 Å². The quantitative estimate of drug-likeness (QED) is 0.672. The molecule has 0 radical (unpaired) electrons. The van der Waals surface area contributed by atoms with Gasteiger partial charge in [-0.2, -0.15) is 5.10 Å². The first-order valence-electron chi connectivity index (χ1n) is 4.16. The molecular weight excluding hydrogens is 200 g/mol. The van der Waals surface area contributed by atoms with Crippen molar-refractivity contribution >= 4 is 11.6 Å². The van der Waals surface area contributed by atoms with Crippen LogP contribution in [0.1, 0.15) is 5.56 Å². The van der Waals surface area contributed by atoms with Gasteiger partial charge in [-0.1, -0.05) is 0 Å². The van der Waals surface area contributed by atoms with Crippen molar-refractivity contribution < 1.29 is 0 Å². The number of rotatable bonds is 1. The van der Waals surface area contributed by atoms with E-state index in [2.05, 4.69) is 15.1 Å². The molecule has 5 heteroatoms. The standard InChI is InChI=1S/C9H9ClN4/c1-6-5-12-14(2)8(6)7-3-4-11-9(10)13-7/h3-5H,1-2H3. The number of halogens is 1. The zero-order valence-corrected chi connectivity index (χ0v) is 8.65. The van der Waals surface area contributed by atoms with E-state index in [1.807, 2.05) is 20.0 Å². The van der Waals surface area contributed by atoms with Crippen LogP contribution in [0.4, 0.5) is 0 Å². The molecule has 0 spiro atoms. The zero-order valence-electron chi connectivity index (χ0n) is 7.90. The summed E-state index contributed by atoms with van der Waals surface area (Å²) >= 11 is 5.71. The highest BCUT2D eigenvalue weighted by Gasteiger charge is 2.08. The summed E-state index contributed by atoms with van der Waals surface area (Å²) < 4.78 is 1.77. The monoisotopic (exact) mass is 208 g/mol. The fraction of sp³-hybridized carbons (Fsp3) is 0.222. The molecule has 0 bridgehead atoms. The van der Waals surface area contributed by atoms with E-state index < -0.39 is 0 Å². The van der Waals surface area contributed by atoms with E-state index in [9.17, 15) is 0 Å². The molecule has 0 amide bonds. The Morgan fingerprint density at radius 3 is 2.79 bits per heavy atom. The molecular formula is C9H9ClN4. The largest absolute Gasteiger partial charge is 0.266 e. The zero-order chi connectivity index (χ0) is 10.1. The summed E-state index contributed by atoms with van der Waals surface area (Å²) in [5.74, 6) is 0. The van der Waals surface area contributed by atoms with Gasteiger partial charge in [-0.15, -0.1) is 0 Å². The van der Waals surface area contributed by atoms with Crippen molar-refractivity contribution in [3.05, 3.63) is 29.3 Å². The average Bonchev–Trinajstić information content (AvgIpc) is 2.46. The summed E-state index contributed by atoms with van der Waals surface area (Å²) in [5.41, 5.74) is 2.83. The molecule has 0 saturated carbocycles. The number of aromatic nitrogens is 4. The summed E-state index contributed by atoms with van der Waals surface area (Å²) in [5, 5.41) is 4.39. The molecule has 0 aliphatic heterocycles. The van der Waals surface area contributed by atoms with Crippen LogP contribution in [0.5, 0.6) is 0 Å². The first kappa shape index (κ1) is 9.15. The Kier molecular flexibility index (Phi) is 2.21. The predicted octanol–water partition coefficient (Wildman–Crippen LogP) is 1.84. The number of hydrogen-bond acceptors (Lipinski definition) is 3. The van der Waals surface area contributed by atoms with E-state index in [4.69, 9.17) is 11.6 Å². The maximum atomic E-state index is 5.71. The van der Waals surface area contributed by atoms with Crippen molar-refractivity contribution in [1.29, 1.82) is 0 Å². The molecule has 2 aromatic heterocycles. The summed E-state index contributed by atoms with van der Waals surface area (Å²) in [6, 6.07) is 1.82. The van der Waals surface area contributed by atoms with Gasteiger partial charge in [-0.3, -0.25) is 4.68 Å². The molecule has 0 aromatic carbocycles. The van der Waals surface area contributed by atoms with Gasteiger partial charge in [0, 0.05) is 13.2 Å². The van der Waals surface area contributed by atoms with Crippen LogP contribution in [-0.4, -0.2) is 19.7 Å². The van der Waals surface area contributed by atoms with Crippen molar-refractivity contribution in [3.8, 4) is 11.4 Å². The lowest BCUT2D eigenvalue weighted by molar-refractivity contribution is 0.772. The Morgan fingerprint density at radius 1 is 1.43 bits per heavy atom. The Labute approximate surface area is 86.6 Å². The van der Waals surface area contributed by atoms with Crippen LogP contribution in [0.15, 0.2) is 18.5 Å². The number of hydrogen-bond donors (Lipinski definition) is 0. The van der Waals surface area contributed by atoms with Crippen LogP contribution in [0.2, 0.25) is 5.28 Å². The van der Waals surface area contributed by atoms with Crippen LogP contribution in [0.25, 0.3) is 11.4 Å². The van der Waals surface area contributed by atoms with Crippen LogP contribution >= 0.6 is 11.6 Å². The maximum absolute atomic E-state index is 5.71. The lowest BCUT2D eigenvalue weighted by Crippen LogP contribution is -1.96. The topological polar surface area (TPSA) is 43.6 Å².